The molecule has 1 fully saturated rings. The zero-order valence-electron chi connectivity index (χ0n) is 16.1. The number of benzene rings is 3. The van der Waals surface area contributed by atoms with E-state index >= 15 is 0 Å². The quantitative estimate of drug-likeness (QED) is 0.391. The number of nitrogens with zero attached hydrogens (tertiary/aromatic N) is 1. The van der Waals surface area contributed by atoms with Gasteiger partial charge in [0.1, 0.15) is 5.57 Å². The average Bonchev–Trinajstić information content (AvgIpc) is 2.75. The minimum atomic E-state index is -0.830. The highest BCUT2D eigenvalue weighted by atomic mass is 79.9. The van der Waals surface area contributed by atoms with Crippen LogP contribution in [0.2, 0.25) is 5.02 Å². The molecule has 1 aliphatic rings. The minimum absolute atomic E-state index is 0.141. The molecule has 1 N–H and O–H groups in total. The Kier molecular flexibility index (Phi) is 6.02. The second-order valence-electron chi connectivity index (χ2n) is 6.92. The van der Waals surface area contributed by atoms with E-state index in [9.17, 15) is 14.4 Å². The Morgan fingerprint density at radius 3 is 2.29 bits per heavy atom. The van der Waals surface area contributed by atoms with E-state index in [0.29, 0.717) is 5.56 Å². The highest BCUT2D eigenvalue weighted by molar-refractivity contribution is 9.10. The first-order valence-corrected chi connectivity index (χ1v) is 10.6. The predicted octanol–water partition coefficient (Wildman–Crippen LogP) is 5.36. The zero-order valence-corrected chi connectivity index (χ0v) is 18.5. The molecule has 31 heavy (non-hydrogen) atoms. The van der Waals surface area contributed by atoms with Gasteiger partial charge in [-0.15, -0.1) is 0 Å². The summed E-state index contributed by atoms with van der Waals surface area (Å²) in [7, 11) is 0. The van der Waals surface area contributed by atoms with Crippen LogP contribution < -0.4 is 10.2 Å². The van der Waals surface area contributed by atoms with Gasteiger partial charge in [-0.3, -0.25) is 14.9 Å². The molecule has 0 aromatic heterocycles. The molecule has 5 nitrogen and oxygen atoms in total. The van der Waals surface area contributed by atoms with E-state index in [1.165, 1.54) is 6.08 Å². The molecule has 0 aliphatic carbocycles. The molecule has 0 atom stereocenters. The number of barbiturate groups is 1. The first-order valence-electron chi connectivity index (χ1n) is 9.42. The van der Waals surface area contributed by atoms with Crippen molar-refractivity contribution in [2.75, 3.05) is 4.90 Å². The lowest BCUT2D eigenvalue weighted by molar-refractivity contribution is -0.122. The number of para-hydroxylation sites is 1. The molecular weight excluding hydrogens is 480 g/mol. The molecular formula is C24H16BrClN2O3. The number of hydrogen-bond donors (Lipinski definition) is 1. The number of amides is 4. The van der Waals surface area contributed by atoms with Gasteiger partial charge in [-0.05, 0) is 47.4 Å². The van der Waals surface area contributed by atoms with Crippen LogP contribution in [0.1, 0.15) is 16.7 Å². The number of halogens is 2. The number of hydrogen-bond acceptors (Lipinski definition) is 3. The van der Waals surface area contributed by atoms with Gasteiger partial charge in [-0.1, -0.05) is 82.1 Å². The van der Waals surface area contributed by atoms with Gasteiger partial charge in [0.25, 0.3) is 11.8 Å². The summed E-state index contributed by atoms with van der Waals surface area (Å²) in [5, 5.41) is 2.43. The molecule has 0 bridgehead atoms. The summed E-state index contributed by atoms with van der Waals surface area (Å²) in [6.07, 6.45) is 2.21. The Morgan fingerprint density at radius 2 is 1.58 bits per heavy atom. The van der Waals surface area contributed by atoms with E-state index in [2.05, 4.69) is 21.2 Å². The van der Waals surface area contributed by atoms with E-state index in [1.807, 2.05) is 48.5 Å². The highest BCUT2D eigenvalue weighted by Crippen LogP contribution is 2.29. The van der Waals surface area contributed by atoms with Crippen molar-refractivity contribution in [3.63, 3.8) is 0 Å². The molecule has 3 aromatic rings. The van der Waals surface area contributed by atoms with Gasteiger partial charge in [0, 0.05) is 4.47 Å². The Morgan fingerprint density at radius 1 is 0.903 bits per heavy atom. The number of rotatable bonds is 4. The Bertz CT molecular complexity index is 1220. The van der Waals surface area contributed by atoms with Gasteiger partial charge < -0.3 is 0 Å². The van der Waals surface area contributed by atoms with E-state index in [0.717, 1.165) is 26.9 Å². The summed E-state index contributed by atoms with van der Waals surface area (Å²) in [4.78, 5) is 38.5. The van der Waals surface area contributed by atoms with E-state index < -0.39 is 17.8 Å². The van der Waals surface area contributed by atoms with Gasteiger partial charge in [-0.25, -0.2) is 9.69 Å². The van der Waals surface area contributed by atoms with Crippen molar-refractivity contribution in [2.24, 2.45) is 0 Å². The minimum Gasteiger partial charge on any atom is -0.273 e. The third-order valence-corrected chi connectivity index (χ3v) is 5.93. The maximum atomic E-state index is 13.0. The molecule has 4 rings (SSSR count). The van der Waals surface area contributed by atoms with Crippen LogP contribution in [0.25, 0.3) is 6.08 Å². The topological polar surface area (TPSA) is 66.5 Å². The van der Waals surface area contributed by atoms with Crippen LogP contribution in [-0.2, 0) is 16.0 Å². The monoisotopic (exact) mass is 494 g/mol. The molecule has 1 heterocycles. The third kappa shape index (κ3) is 4.45. The van der Waals surface area contributed by atoms with Gasteiger partial charge in [-0.2, -0.15) is 0 Å². The second-order valence-corrected chi connectivity index (χ2v) is 8.18. The predicted molar refractivity (Wildman–Crippen MR) is 124 cm³/mol. The average molecular weight is 496 g/mol. The van der Waals surface area contributed by atoms with Crippen LogP contribution in [0.3, 0.4) is 0 Å². The summed E-state index contributed by atoms with van der Waals surface area (Å²) in [5.41, 5.74) is 2.99. The van der Waals surface area contributed by atoms with Crippen LogP contribution in [-0.4, -0.2) is 17.8 Å². The van der Waals surface area contributed by atoms with Crippen molar-refractivity contribution in [3.05, 3.63) is 105 Å². The molecule has 3 aromatic carbocycles. The summed E-state index contributed by atoms with van der Waals surface area (Å²) in [5.74, 6) is -1.46. The molecule has 4 amide bonds. The van der Waals surface area contributed by atoms with E-state index in [4.69, 9.17) is 11.6 Å². The lowest BCUT2D eigenvalue weighted by Crippen LogP contribution is -2.54. The number of anilines is 1. The molecule has 1 aliphatic heterocycles. The van der Waals surface area contributed by atoms with Crippen molar-refractivity contribution in [1.29, 1.82) is 0 Å². The molecule has 7 heteroatoms. The molecule has 0 spiro atoms. The lowest BCUT2D eigenvalue weighted by Gasteiger charge is -2.27. The van der Waals surface area contributed by atoms with Crippen molar-refractivity contribution in [2.45, 2.75) is 6.42 Å². The Balaban J connectivity index is 1.60. The summed E-state index contributed by atoms with van der Waals surface area (Å²) in [6, 6.07) is 21.2. The van der Waals surface area contributed by atoms with Crippen LogP contribution in [0.15, 0.2) is 82.8 Å². The van der Waals surface area contributed by atoms with Gasteiger partial charge >= 0.3 is 6.03 Å². The molecule has 0 unspecified atom stereocenters. The van der Waals surface area contributed by atoms with Crippen molar-refractivity contribution in [1.82, 2.24) is 5.32 Å². The van der Waals surface area contributed by atoms with E-state index in [1.54, 1.807) is 24.3 Å². The fourth-order valence-corrected chi connectivity index (χ4v) is 3.91. The summed E-state index contributed by atoms with van der Waals surface area (Å²) in [6.45, 7) is 0. The molecule has 0 saturated carbocycles. The fraction of sp³-hybridized carbons (Fsp3) is 0.0417. The highest BCUT2D eigenvalue weighted by Gasteiger charge is 2.37. The van der Waals surface area contributed by atoms with E-state index in [-0.39, 0.29) is 16.3 Å². The second kappa shape index (κ2) is 8.88. The summed E-state index contributed by atoms with van der Waals surface area (Å²) < 4.78 is 1.04. The Hall–Kier alpha value is -3.22. The maximum absolute atomic E-state index is 13.0. The van der Waals surface area contributed by atoms with Gasteiger partial charge in [0.2, 0.25) is 0 Å². The van der Waals surface area contributed by atoms with Crippen LogP contribution in [0.4, 0.5) is 10.5 Å². The summed E-state index contributed by atoms with van der Waals surface area (Å²) >= 11 is 9.69. The van der Waals surface area contributed by atoms with Crippen LogP contribution in [0, 0.1) is 0 Å². The number of urea groups is 1. The SMILES string of the molecule is O=C1NC(=O)N(c2ccccc2Cl)C(=O)/C1=C/c1ccc(Cc2ccccc2Br)cc1. The largest absolute Gasteiger partial charge is 0.335 e. The maximum Gasteiger partial charge on any atom is 0.335 e. The first-order chi connectivity index (χ1) is 14.9. The zero-order chi connectivity index (χ0) is 22.0. The lowest BCUT2D eigenvalue weighted by atomic mass is 10.0. The smallest absolute Gasteiger partial charge is 0.273 e. The van der Waals surface area contributed by atoms with Crippen molar-refractivity contribution >= 4 is 57.1 Å². The Labute approximate surface area is 192 Å². The number of imide groups is 2. The third-order valence-electron chi connectivity index (χ3n) is 4.84. The van der Waals surface area contributed by atoms with Gasteiger partial charge in [0.05, 0.1) is 10.7 Å². The normalized spacial score (nSPS) is 15.4. The molecule has 0 radical (unpaired) electrons. The fourth-order valence-electron chi connectivity index (χ4n) is 3.27. The number of carbonyl (C=O) groups is 3. The standard InChI is InChI=1S/C24H16BrClN2O3/c25-19-6-2-1-5-17(19)13-15-9-11-16(12-10-15)14-18-22(29)27-24(31)28(23(18)30)21-8-4-3-7-20(21)26/h1-12,14H,13H2,(H,27,29,31)/b18-14+. The number of carbonyl (C=O) groups excluding carboxylic acids is 3. The van der Waals surface area contributed by atoms with Crippen molar-refractivity contribution < 1.29 is 14.4 Å². The van der Waals surface area contributed by atoms with Crippen molar-refractivity contribution in [3.8, 4) is 0 Å². The number of nitrogens with one attached hydrogen (secondary N) is 1. The molecule has 1 saturated heterocycles. The first kappa shape index (κ1) is 21.0. The van der Waals surface area contributed by atoms with Gasteiger partial charge in [0.15, 0.2) is 0 Å². The molecule has 154 valence electrons. The van der Waals surface area contributed by atoms with Crippen LogP contribution in [0.5, 0.6) is 0 Å². The van der Waals surface area contributed by atoms with Crippen LogP contribution >= 0.6 is 27.5 Å².